The van der Waals surface area contributed by atoms with Gasteiger partial charge in [0, 0.05) is 17.9 Å². The van der Waals surface area contributed by atoms with Crippen molar-refractivity contribution in [2.75, 3.05) is 19.4 Å². The van der Waals surface area contributed by atoms with Crippen LogP contribution in [0.2, 0.25) is 0 Å². The molecule has 1 aliphatic heterocycles. The second-order valence-corrected chi connectivity index (χ2v) is 7.73. The van der Waals surface area contributed by atoms with Gasteiger partial charge in [-0.3, -0.25) is 4.79 Å². The maximum Gasteiger partial charge on any atom is 0.573 e. The molecular weight excluding hydrogens is 447 g/mol. The number of carbonyl (C=O) groups is 1. The molecule has 0 radical (unpaired) electrons. The van der Waals surface area contributed by atoms with Crippen LogP contribution in [-0.4, -0.2) is 36.6 Å². The Balaban J connectivity index is 1.78. The predicted molar refractivity (Wildman–Crippen MR) is 100 cm³/mol. The van der Waals surface area contributed by atoms with Crippen LogP contribution in [0.5, 0.6) is 11.5 Å². The van der Waals surface area contributed by atoms with Crippen LogP contribution in [0, 0.1) is 0 Å². The number of nitrogens with zero attached hydrogens (tertiary/aromatic N) is 1. The molecule has 1 fully saturated rings. The largest absolute Gasteiger partial charge is 0.573 e. The summed E-state index contributed by atoms with van der Waals surface area (Å²) in [6.07, 6.45) is -4.76. The first kappa shape index (κ1) is 19.9. The van der Waals surface area contributed by atoms with Gasteiger partial charge in [-0.15, -0.1) is 24.9 Å². The molecule has 1 amide bonds. The number of hydrogen-bond donors (Lipinski definition) is 0. The summed E-state index contributed by atoms with van der Waals surface area (Å²) in [6.45, 7) is 0.554. The minimum Gasteiger partial charge on any atom is -0.496 e. The van der Waals surface area contributed by atoms with Gasteiger partial charge in [0.1, 0.15) is 16.9 Å². The first-order valence-electron chi connectivity index (χ1n) is 7.90. The number of amides is 1. The molecule has 0 bridgehead atoms. The number of halogens is 4. The molecule has 1 saturated heterocycles. The maximum atomic E-state index is 12.8. The number of carbonyl (C=O) groups excluding carboxylic acids is 1. The summed E-state index contributed by atoms with van der Waals surface area (Å²) in [5.41, 5.74) is 1.25. The van der Waals surface area contributed by atoms with Crippen molar-refractivity contribution in [2.24, 2.45) is 0 Å². The first-order chi connectivity index (χ1) is 12.8. The smallest absolute Gasteiger partial charge is 0.496 e. The van der Waals surface area contributed by atoms with E-state index >= 15 is 0 Å². The normalized spacial score (nSPS) is 17.1. The van der Waals surface area contributed by atoms with Gasteiger partial charge in [-0.05, 0) is 57.9 Å². The molecule has 1 unspecified atom stereocenters. The Labute approximate surface area is 166 Å². The van der Waals surface area contributed by atoms with Crippen molar-refractivity contribution in [1.82, 2.24) is 4.90 Å². The van der Waals surface area contributed by atoms with Gasteiger partial charge >= 0.3 is 6.36 Å². The van der Waals surface area contributed by atoms with Crippen LogP contribution < -0.4 is 9.47 Å². The lowest BCUT2D eigenvalue weighted by Gasteiger charge is -2.24. The Morgan fingerprint density at radius 3 is 2.52 bits per heavy atom. The van der Waals surface area contributed by atoms with E-state index in [2.05, 4.69) is 20.7 Å². The van der Waals surface area contributed by atoms with E-state index in [1.54, 1.807) is 23.8 Å². The van der Waals surface area contributed by atoms with Crippen molar-refractivity contribution in [3.05, 3.63) is 58.1 Å². The summed E-state index contributed by atoms with van der Waals surface area (Å²) in [7, 11) is 1.58. The Bertz CT molecular complexity index is 830. The van der Waals surface area contributed by atoms with E-state index in [0.717, 1.165) is 27.9 Å². The zero-order valence-corrected chi connectivity index (χ0v) is 16.5. The van der Waals surface area contributed by atoms with E-state index < -0.39 is 6.36 Å². The molecular formula is C18H15BrF3NO3S. The summed E-state index contributed by atoms with van der Waals surface area (Å²) >= 11 is 5.07. The van der Waals surface area contributed by atoms with Crippen molar-refractivity contribution < 1.29 is 27.4 Å². The summed E-state index contributed by atoms with van der Waals surface area (Å²) in [4.78, 5) is 14.6. The van der Waals surface area contributed by atoms with Crippen LogP contribution in [0.1, 0.15) is 21.3 Å². The molecule has 1 heterocycles. The molecule has 0 aliphatic carbocycles. The predicted octanol–water partition coefficient (Wildman–Crippen LogP) is 5.24. The summed E-state index contributed by atoms with van der Waals surface area (Å²) in [5.74, 6) is 0.871. The van der Waals surface area contributed by atoms with E-state index in [1.165, 1.54) is 12.1 Å². The average molecular weight is 462 g/mol. The van der Waals surface area contributed by atoms with E-state index in [4.69, 9.17) is 4.74 Å². The average Bonchev–Trinajstić information content (AvgIpc) is 3.10. The van der Waals surface area contributed by atoms with Crippen molar-refractivity contribution >= 4 is 33.6 Å². The van der Waals surface area contributed by atoms with Crippen LogP contribution >= 0.6 is 27.7 Å². The Morgan fingerprint density at radius 2 is 1.93 bits per heavy atom. The molecule has 2 aromatic rings. The lowest BCUT2D eigenvalue weighted by atomic mass is 10.1. The van der Waals surface area contributed by atoms with Gasteiger partial charge in [0.2, 0.25) is 0 Å². The standard InChI is InChI=1S/C18H15BrF3NO3S/c1-25-15-7-4-12(10-14(15)19)17-23(8-9-27-17)16(24)11-2-5-13(6-3-11)26-18(20,21)22/h2-7,10,17H,8-9H2,1H3. The van der Waals surface area contributed by atoms with E-state index in [0.29, 0.717) is 17.9 Å². The first-order valence-corrected chi connectivity index (χ1v) is 9.74. The molecule has 0 N–H and O–H groups in total. The van der Waals surface area contributed by atoms with Crippen LogP contribution in [0.15, 0.2) is 46.9 Å². The quantitative estimate of drug-likeness (QED) is 0.623. The number of thioether (sulfide) groups is 1. The lowest BCUT2D eigenvalue weighted by molar-refractivity contribution is -0.274. The van der Waals surface area contributed by atoms with Gasteiger partial charge in [0.15, 0.2) is 0 Å². The molecule has 0 spiro atoms. The van der Waals surface area contributed by atoms with Gasteiger partial charge in [-0.1, -0.05) is 6.07 Å². The number of benzene rings is 2. The lowest BCUT2D eigenvalue weighted by Crippen LogP contribution is -2.30. The molecule has 0 aromatic heterocycles. The summed E-state index contributed by atoms with van der Waals surface area (Å²) in [5, 5.41) is -0.175. The fraction of sp³-hybridized carbons (Fsp3) is 0.278. The zero-order chi connectivity index (χ0) is 19.6. The maximum absolute atomic E-state index is 12.8. The minimum absolute atomic E-state index is 0.175. The van der Waals surface area contributed by atoms with Crippen molar-refractivity contribution in [3.8, 4) is 11.5 Å². The van der Waals surface area contributed by atoms with E-state index in [1.807, 2.05) is 18.2 Å². The summed E-state index contributed by atoms with van der Waals surface area (Å²) < 4.78 is 46.6. The third-order valence-electron chi connectivity index (χ3n) is 3.95. The van der Waals surface area contributed by atoms with E-state index in [-0.39, 0.29) is 17.0 Å². The topological polar surface area (TPSA) is 38.8 Å². The third kappa shape index (κ3) is 4.70. The highest BCUT2D eigenvalue weighted by Crippen LogP contribution is 2.41. The molecule has 9 heteroatoms. The molecule has 3 rings (SSSR count). The fourth-order valence-corrected chi connectivity index (χ4v) is 4.56. The molecule has 4 nitrogen and oxygen atoms in total. The highest BCUT2D eigenvalue weighted by Gasteiger charge is 2.33. The van der Waals surface area contributed by atoms with Crippen LogP contribution in [0.3, 0.4) is 0 Å². The molecule has 0 saturated carbocycles. The molecule has 144 valence electrons. The number of hydrogen-bond acceptors (Lipinski definition) is 4. The van der Waals surface area contributed by atoms with Crippen molar-refractivity contribution in [2.45, 2.75) is 11.7 Å². The number of ether oxygens (including phenoxy) is 2. The number of methoxy groups -OCH3 is 1. The monoisotopic (exact) mass is 461 g/mol. The minimum atomic E-state index is -4.76. The van der Waals surface area contributed by atoms with E-state index in [9.17, 15) is 18.0 Å². The molecule has 1 atom stereocenters. The number of rotatable bonds is 4. The Hall–Kier alpha value is -1.87. The van der Waals surface area contributed by atoms with Gasteiger partial charge in [-0.25, -0.2) is 0 Å². The van der Waals surface area contributed by atoms with Gasteiger partial charge in [0.25, 0.3) is 5.91 Å². The number of alkyl halides is 3. The molecule has 27 heavy (non-hydrogen) atoms. The second-order valence-electron chi connectivity index (χ2n) is 5.69. The molecule has 2 aromatic carbocycles. The Kier molecular flexibility index (Phi) is 5.90. The third-order valence-corrected chi connectivity index (χ3v) is 5.83. The highest BCUT2D eigenvalue weighted by atomic mass is 79.9. The van der Waals surface area contributed by atoms with Gasteiger partial charge in [0.05, 0.1) is 11.6 Å². The zero-order valence-electron chi connectivity index (χ0n) is 14.1. The van der Waals surface area contributed by atoms with Crippen LogP contribution in [0.4, 0.5) is 13.2 Å². The highest BCUT2D eigenvalue weighted by molar-refractivity contribution is 9.10. The van der Waals surface area contributed by atoms with Crippen LogP contribution in [-0.2, 0) is 0 Å². The van der Waals surface area contributed by atoms with Gasteiger partial charge < -0.3 is 14.4 Å². The second kappa shape index (κ2) is 8.02. The summed E-state index contributed by atoms with van der Waals surface area (Å²) in [6, 6.07) is 10.6. The Morgan fingerprint density at radius 1 is 1.22 bits per heavy atom. The van der Waals surface area contributed by atoms with Crippen LogP contribution in [0.25, 0.3) is 0 Å². The van der Waals surface area contributed by atoms with Crippen molar-refractivity contribution in [3.63, 3.8) is 0 Å². The SMILES string of the molecule is COc1ccc(C2SCCN2C(=O)c2ccc(OC(F)(F)F)cc2)cc1Br. The van der Waals surface area contributed by atoms with Gasteiger partial charge in [-0.2, -0.15) is 0 Å². The van der Waals surface area contributed by atoms with Crippen molar-refractivity contribution in [1.29, 1.82) is 0 Å². The fourth-order valence-electron chi connectivity index (χ4n) is 2.76. The molecule has 1 aliphatic rings.